The molecule has 1 aliphatic heterocycles. The van der Waals surface area contributed by atoms with Crippen LogP contribution in [0, 0.1) is 0 Å². The number of hydrogen-bond acceptors (Lipinski definition) is 2. The average molecular weight is 110 g/mol. The van der Waals surface area contributed by atoms with Crippen LogP contribution in [-0.2, 0) is 4.65 Å². The van der Waals surface area contributed by atoms with Gasteiger partial charge in [-0.1, -0.05) is 0 Å². The fourth-order valence-electron chi connectivity index (χ4n) is 1.49. The van der Waals surface area contributed by atoms with E-state index in [0.29, 0.717) is 12.1 Å². The van der Waals surface area contributed by atoms with Crippen LogP contribution in [0.25, 0.3) is 0 Å². The Hall–Kier alpha value is -0.0151. The second-order valence-electron chi connectivity index (χ2n) is 2.50. The minimum Gasteiger partial charge on any atom is -0.420 e. The van der Waals surface area contributed by atoms with Gasteiger partial charge in [0.15, 0.2) is 0 Å². The van der Waals surface area contributed by atoms with E-state index < -0.39 is 0 Å². The molecular formula is C5H9BNO. The van der Waals surface area contributed by atoms with Gasteiger partial charge in [-0.25, -0.2) is 0 Å². The van der Waals surface area contributed by atoms with Crippen LogP contribution in [0.4, 0.5) is 0 Å². The third-order valence-electron chi connectivity index (χ3n) is 1.98. The van der Waals surface area contributed by atoms with Gasteiger partial charge in [-0.3, -0.25) is 0 Å². The standard InChI is InChI=1S/C5H9BNO/c1-2-4-5(3-1)8-6-7-4/h4-5,7H,1-3H2/t4-,5+/m1/s1. The van der Waals surface area contributed by atoms with Gasteiger partial charge in [0.2, 0.25) is 0 Å². The molecule has 8 heavy (non-hydrogen) atoms. The molecule has 0 spiro atoms. The van der Waals surface area contributed by atoms with Crippen LogP contribution in [0.1, 0.15) is 19.3 Å². The van der Waals surface area contributed by atoms with Crippen LogP contribution in [0.5, 0.6) is 0 Å². The van der Waals surface area contributed by atoms with Gasteiger partial charge >= 0.3 is 7.62 Å². The molecule has 1 heterocycles. The Bertz CT molecular complexity index is 78.4. The summed E-state index contributed by atoms with van der Waals surface area (Å²) in [5, 5.41) is 3.17. The largest absolute Gasteiger partial charge is 0.420 e. The molecule has 0 aromatic rings. The molecule has 2 nitrogen and oxygen atoms in total. The second-order valence-corrected chi connectivity index (χ2v) is 2.50. The molecule has 3 heteroatoms. The molecule has 2 atom stereocenters. The number of fused-ring (bicyclic) bond motifs is 1. The summed E-state index contributed by atoms with van der Waals surface area (Å²) < 4.78 is 5.24. The van der Waals surface area contributed by atoms with Crippen molar-refractivity contribution in [1.29, 1.82) is 0 Å². The summed E-state index contributed by atoms with van der Waals surface area (Å²) in [5.41, 5.74) is 0. The lowest BCUT2D eigenvalue weighted by Crippen LogP contribution is -2.25. The molecule has 1 aliphatic carbocycles. The maximum atomic E-state index is 5.24. The lowest BCUT2D eigenvalue weighted by Gasteiger charge is -2.05. The van der Waals surface area contributed by atoms with Crippen LogP contribution >= 0.6 is 0 Å². The van der Waals surface area contributed by atoms with Gasteiger partial charge in [0.25, 0.3) is 0 Å². The zero-order chi connectivity index (χ0) is 5.40. The smallest absolute Gasteiger partial charge is 0.396 e. The molecule has 0 amide bonds. The molecular weight excluding hydrogens is 101 g/mol. The highest BCUT2D eigenvalue weighted by Gasteiger charge is 2.32. The third-order valence-corrected chi connectivity index (χ3v) is 1.98. The first-order valence-electron chi connectivity index (χ1n) is 3.20. The van der Waals surface area contributed by atoms with Crippen molar-refractivity contribution in [1.82, 2.24) is 5.23 Å². The van der Waals surface area contributed by atoms with E-state index in [9.17, 15) is 0 Å². The van der Waals surface area contributed by atoms with Gasteiger partial charge in [0.1, 0.15) is 0 Å². The summed E-state index contributed by atoms with van der Waals surface area (Å²) in [6.07, 6.45) is 4.38. The summed E-state index contributed by atoms with van der Waals surface area (Å²) in [7, 11) is 1.73. The highest BCUT2D eigenvalue weighted by atomic mass is 16.5. The highest BCUT2D eigenvalue weighted by Crippen LogP contribution is 2.24. The molecule has 0 aromatic heterocycles. The van der Waals surface area contributed by atoms with Crippen molar-refractivity contribution >= 4 is 7.62 Å². The molecule has 0 aromatic carbocycles. The van der Waals surface area contributed by atoms with Crippen LogP contribution in [0.15, 0.2) is 0 Å². The van der Waals surface area contributed by atoms with Crippen molar-refractivity contribution in [3.8, 4) is 0 Å². The first-order chi connectivity index (χ1) is 3.97. The van der Waals surface area contributed by atoms with Crippen molar-refractivity contribution < 1.29 is 4.65 Å². The summed E-state index contributed by atoms with van der Waals surface area (Å²) in [4.78, 5) is 0. The molecule has 1 radical (unpaired) electrons. The zero-order valence-corrected chi connectivity index (χ0v) is 4.76. The molecule has 2 rings (SSSR count). The molecule has 0 unspecified atom stereocenters. The Morgan fingerprint density at radius 2 is 2.50 bits per heavy atom. The third kappa shape index (κ3) is 0.582. The molecule has 2 fully saturated rings. The summed E-state index contributed by atoms with van der Waals surface area (Å²) in [5.74, 6) is 0. The van der Waals surface area contributed by atoms with E-state index in [-0.39, 0.29) is 0 Å². The second kappa shape index (κ2) is 1.74. The predicted octanol–water partition coefficient (Wildman–Crippen LogP) is 0.0615. The van der Waals surface area contributed by atoms with Gasteiger partial charge in [0, 0.05) is 6.04 Å². The van der Waals surface area contributed by atoms with E-state index in [1.165, 1.54) is 19.3 Å². The normalized spacial score (nSPS) is 44.0. The van der Waals surface area contributed by atoms with E-state index in [2.05, 4.69) is 5.23 Å². The van der Waals surface area contributed by atoms with Crippen LogP contribution in [0.2, 0.25) is 0 Å². The minimum absolute atomic E-state index is 0.509. The summed E-state index contributed by atoms with van der Waals surface area (Å²) in [6.45, 7) is 0. The van der Waals surface area contributed by atoms with Gasteiger partial charge in [0.05, 0.1) is 6.10 Å². The van der Waals surface area contributed by atoms with Crippen molar-refractivity contribution in [2.24, 2.45) is 0 Å². The Kier molecular flexibility index (Phi) is 1.05. The number of hydrogen-bond donors (Lipinski definition) is 1. The topological polar surface area (TPSA) is 21.3 Å². The predicted molar refractivity (Wildman–Crippen MR) is 31.4 cm³/mol. The number of rotatable bonds is 0. The Morgan fingerprint density at radius 3 is 3.38 bits per heavy atom. The lowest BCUT2D eigenvalue weighted by molar-refractivity contribution is 0.238. The van der Waals surface area contributed by atoms with Crippen LogP contribution < -0.4 is 5.23 Å². The van der Waals surface area contributed by atoms with Crippen LogP contribution in [-0.4, -0.2) is 19.8 Å². The van der Waals surface area contributed by atoms with Crippen molar-refractivity contribution in [2.45, 2.75) is 31.4 Å². The number of nitrogens with one attached hydrogen (secondary N) is 1. The fourth-order valence-corrected chi connectivity index (χ4v) is 1.49. The summed E-state index contributed by atoms with van der Waals surface area (Å²) in [6, 6.07) is 0.648. The molecule has 1 saturated heterocycles. The monoisotopic (exact) mass is 110 g/mol. The Balaban J connectivity index is 2.04. The zero-order valence-electron chi connectivity index (χ0n) is 4.76. The average Bonchev–Trinajstić information content (AvgIpc) is 2.15. The van der Waals surface area contributed by atoms with Crippen LogP contribution in [0.3, 0.4) is 0 Å². The van der Waals surface area contributed by atoms with Gasteiger partial charge in [-0.05, 0) is 19.3 Å². The maximum absolute atomic E-state index is 5.24. The maximum Gasteiger partial charge on any atom is 0.396 e. The molecule has 43 valence electrons. The summed E-state index contributed by atoms with van der Waals surface area (Å²) >= 11 is 0. The Morgan fingerprint density at radius 1 is 1.50 bits per heavy atom. The molecule has 2 aliphatic rings. The van der Waals surface area contributed by atoms with Gasteiger partial charge < -0.3 is 9.88 Å². The van der Waals surface area contributed by atoms with E-state index in [0.717, 1.165) is 0 Å². The van der Waals surface area contributed by atoms with E-state index >= 15 is 0 Å². The molecule has 0 bridgehead atoms. The fraction of sp³-hybridized carbons (Fsp3) is 1.00. The molecule has 1 saturated carbocycles. The Labute approximate surface area is 49.9 Å². The van der Waals surface area contributed by atoms with Crippen molar-refractivity contribution in [3.05, 3.63) is 0 Å². The van der Waals surface area contributed by atoms with E-state index in [1.807, 2.05) is 0 Å². The van der Waals surface area contributed by atoms with E-state index in [4.69, 9.17) is 4.65 Å². The SMILES string of the molecule is [B]1N[C@@H]2CCC[C@@H]2O1. The quantitative estimate of drug-likeness (QED) is 0.445. The minimum atomic E-state index is 0.509. The first kappa shape index (κ1) is 4.83. The van der Waals surface area contributed by atoms with Gasteiger partial charge in [-0.2, -0.15) is 0 Å². The van der Waals surface area contributed by atoms with Gasteiger partial charge in [-0.15, -0.1) is 0 Å². The molecule has 1 N–H and O–H groups in total. The van der Waals surface area contributed by atoms with E-state index in [1.54, 1.807) is 7.62 Å². The van der Waals surface area contributed by atoms with Crippen molar-refractivity contribution in [3.63, 3.8) is 0 Å². The lowest BCUT2D eigenvalue weighted by atomic mass is 10.2. The highest BCUT2D eigenvalue weighted by molar-refractivity contribution is 6.24. The van der Waals surface area contributed by atoms with Crippen molar-refractivity contribution in [2.75, 3.05) is 0 Å². The first-order valence-corrected chi connectivity index (χ1v) is 3.20.